The lowest BCUT2D eigenvalue weighted by Gasteiger charge is -2.28. The first-order chi connectivity index (χ1) is 12.1. The number of pyridine rings is 1. The number of hydrogen-bond donors (Lipinski definition) is 1. The van der Waals surface area contributed by atoms with Crippen molar-refractivity contribution in [2.75, 3.05) is 32.2 Å². The number of methoxy groups -OCH3 is 1. The topological polar surface area (TPSA) is 69.7 Å². The fourth-order valence-corrected chi connectivity index (χ4v) is 2.32. The minimum atomic E-state index is -0.821. The summed E-state index contributed by atoms with van der Waals surface area (Å²) in [6.45, 7) is 7.56. The van der Waals surface area contributed by atoms with Crippen LogP contribution in [0.4, 0.5) is 5.69 Å². The summed E-state index contributed by atoms with van der Waals surface area (Å²) in [5, 5.41) is 2.91. The van der Waals surface area contributed by atoms with Crippen LogP contribution in [-0.2, 0) is 14.3 Å². The van der Waals surface area contributed by atoms with Gasteiger partial charge in [0.2, 0.25) is 5.88 Å². The Hall–Kier alpha value is -1.66. The molecule has 6 heteroatoms. The van der Waals surface area contributed by atoms with Crippen molar-refractivity contribution in [3.63, 3.8) is 0 Å². The van der Waals surface area contributed by atoms with Crippen molar-refractivity contribution >= 4 is 11.6 Å². The van der Waals surface area contributed by atoms with Crippen LogP contribution in [0.15, 0.2) is 18.3 Å². The van der Waals surface area contributed by atoms with Gasteiger partial charge in [0.05, 0.1) is 18.5 Å². The minimum Gasteiger partial charge on any atom is -0.475 e. The van der Waals surface area contributed by atoms with Gasteiger partial charge in [-0.15, -0.1) is 0 Å². The molecule has 1 aromatic heterocycles. The second-order valence-electron chi connectivity index (χ2n) is 6.22. The Morgan fingerprint density at radius 2 is 1.96 bits per heavy atom. The molecular weight excluding hydrogens is 320 g/mol. The Morgan fingerprint density at radius 3 is 2.56 bits per heavy atom. The third kappa shape index (κ3) is 7.84. The summed E-state index contributed by atoms with van der Waals surface area (Å²) in [4.78, 5) is 16.9. The highest BCUT2D eigenvalue weighted by atomic mass is 16.5. The third-order valence-corrected chi connectivity index (χ3v) is 3.89. The molecule has 25 heavy (non-hydrogen) atoms. The fourth-order valence-electron chi connectivity index (χ4n) is 2.32. The van der Waals surface area contributed by atoms with Crippen LogP contribution < -0.4 is 10.1 Å². The van der Waals surface area contributed by atoms with Gasteiger partial charge in [0.15, 0.2) is 0 Å². The van der Waals surface area contributed by atoms with E-state index in [4.69, 9.17) is 14.2 Å². The van der Waals surface area contributed by atoms with Crippen molar-refractivity contribution in [1.29, 1.82) is 0 Å². The Labute approximate surface area is 151 Å². The lowest BCUT2D eigenvalue weighted by Crippen LogP contribution is -2.43. The maximum Gasteiger partial charge on any atom is 0.256 e. The van der Waals surface area contributed by atoms with Crippen molar-refractivity contribution in [3.05, 3.63) is 18.3 Å². The number of unbranched alkanes of at least 4 members (excludes halogenated alkanes) is 2. The van der Waals surface area contributed by atoms with Gasteiger partial charge in [-0.25, -0.2) is 4.98 Å². The van der Waals surface area contributed by atoms with Crippen LogP contribution in [0, 0.1) is 0 Å². The molecule has 0 aliphatic heterocycles. The molecule has 0 aliphatic rings. The van der Waals surface area contributed by atoms with Gasteiger partial charge in [-0.1, -0.05) is 33.1 Å². The second kappa shape index (κ2) is 11.8. The molecule has 0 aliphatic carbocycles. The number of ether oxygens (including phenoxy) is 3. The first-order valence-electron chi connectivity index (χ1n) is 9.09. The van der Waals surface area contributed by atoms with Gasteiger partial charge in [0, 0.05) is 19.8 Å². The van der Waals surface area contributed by atoms with E-state index in [9.17, 15) is 4.79 Å². The maximum absolute atomic E-state index is 12.7. The Bertz CT molecular complexity index is 493. The highest BCUT2D eigenvalue weighted by Gasteiger charge is 2.33. The molecule has 0 saturated carbocycles. The lowest BCUT2D eigenvalue weighted by atomic mass is 9.96. The van der Waals surface area contributed by atoms with Gasteiger partial charge in [0.25, 0.3) is 5.91 Å². The molecule has 1 heterocycles. The van der Waals surface area contributed by atoms with Crippen LogP contribution >= 0.6 is 0 Å². The van der Waals surface area contributed by atoms with Crippen molar-refractivity contribution in [2.24, 2.45) is 0 Å². The van der Waals surface area contributed by atoms with Crippen LogP contribution in [-0.4, -0.2) is 43.4 Å². The Morgan fingerprint density at radius 1 is 1.16 bits per heavy atom. The monoisotopic (exact) mass is 352 g/mol. The second-order valence-corrected chi connectivity index (χ2v) is 6.22. The van der Waals surface area contributed by atoms with E-state index in [0.717, 1.165) is 25.7 Å². The van der Waals surface area contributed by atoms with Crippen molar-refractivity contribution in [1.82, 2.24) is 4.98 Å². The first-order valence-corrected chi connectivity index (χ1v) is 9.09. The van der Waals surface area contributed by atoms with Gasteiger partial charge in [-0.2, -0.15) is 0 Å². The van der Waals surface area contributed by atoms with Crippen LogP contribution in [0.5, 0.6) is 5.88 Å². The molecule has 1 N–H and O–H groups in total. The largest absolute Gasteiger partial charge is 0.475 e. The summed E-state index contributed by atoms with van der Waals surface area (Å²) in [5.74, 6) is 0.370. The van der Waals surface area contributed by atoms with Crippen LogP contribution in [0.2, 0.25) is 0 Å². The molecule has 0 unspecified atom stereocenters. The standard InChI is InChI=1S/C19H32N2O4/c1-5-7-8-11-19(3,25-12-6-2)18(22)21-16-9-10-17(20-15-16)24-14-13-23-4/h9-10,15H,5-8,11-14H2,1-4H3,(H,21,22)/t19-/m0/s1. The van der Waals surface area contributed by atoms with E-state index in [0.29, 0.717) is 37.8 Å². The number of nitrogens with one attached hydrogen (secondary N) is 1. The van der Waals surface area contributed by atoms with E-state index in [1.54, 1.807) is 25.4 Å². The molecule has 0 bridgehead atoms. The van der Waals surface area contributed by atoms with E-state index in [1.807, 2.05) is 13.8 Å². The van der Waals surface area contributed by atoms with Gasteiger partial charge in [0.1, 0.15) is 12.2 Å². The van der Waals surface area contributed by atoms with Crippen molar-refractivity contribution in [3.8, 4) is 5.88 Å². The van der Waals surface area contributed by atoms with E-state index >= 15 is 0 Å². The molecule has 6 nitrogen and oxygen atoms in total. The van der Waals surface area contributed by atoms with Gasteiger partial charge in [-0.3, -0.25) is 4.79 Å². The van der Waals surface area contributed by atoms with E-state index in [-0.39, 0.29) is 5.91 Å². The number of rotatable bonds is 13. The van der Waals surface area contributed by atoms with E-state index in [2.05, 4.69) is 17.2 Å². The molecule has 0 aromatic carbocycles. The molecular formula is C19H32N2O4. The molecule has 1 atom stereocenters. The molecule has 0 saturated heterocycles. The van der Waals surface area contributed by atoms with E-state index in [1.165, 1.54) is 0 Å². The highest BCUT2D eigenvalue weighted by Crippen LogP contribution is 2.23. The van der Waals surface area contributed by atoms with Crippen molar-refractivity contribution < 1.29 is 19.0 Å². The first kappa shape index (κ1) is 21.4. The zero-order valence-electron chi connectivity index (χ0n) is 16.0. The zero-order chi connectivity index (χ0) is 18.5. The molecule has 1 aromatic rings. The normalized spacial score (nSPS) is 13.3. The van der Waals surface area contributed by atoms with Crippen LogP contribution in [0.3, 0.4) is 0 Å². The third-order valence-electron chi connectivity index (χ3n) is 3.89. The van der Waals surface area contributed by atoms with Gasteiger partial charge in [-0.05, 0) is 25.8 Å². The number of carbonyl (C=O) groups excluding carboxylic acids is 1. The lowest BCUT2D eigenvalue weighted by molar-refractivity contribution is -0.140. The maximum atomic E-state index is 12.7. The minimum absolute atomic E-state index is 0.132. The Kier molecular flexibility index (Phi) is 10.1. The molecule has 0 spiro atoms. The van der Waals surface area contributed by atoms with Gasteiger partial charge >= 0.3 is 0 Å². The summed E-state index contributed by atoms with van der Waals surface area (Å²) in [6, 6.07) is 3.51. The van der Waals surface area contributed by atoms with Crippen molar-refractivity contribution in [2.45, 2.75) is 58.5 Å². The summed E-state index contributed by atoms with van der Waals surface area (Å²) in [5.41, 5.74) is -0.190. The summed E-state index contributed by atoms with van der Waals surface area (Å²) in [7, 11) is 1.62. The van der Waals surface area contributed by atoms with Gasteiger partial charge < -0.3 is 19.5 Å². The SMILES string of the molecule is CCCCC[C@](C)(OCCC)C(=O)Nc1ccc(OCCOC)nc1. The fraction of sp³-hybridized carbons (Fsp3) is 0.684. The molecule has 0 radical (unpaired) electrons. The quantitative estimate of drug-likeness (QED) is 0.547. The smallest absolute Gasteiger partial charge is 0.256 e. The predicted octanol–water partition coefficient (Wildman–Crippen LogP) is 3.81. The van der Waals surface area contributed by atoms with E-state index < -0.39 is 5.60 Å². The molecule has 1 amide bonds. The number of carbonyl (C=O) groups is 1. The molecule has 0 fully saturated rings. The summed E-state index contributed by atoms with van der Waals surface area (Å²) in [6.07, 6.45) is 6.35. The van der Waals surface area contributed by atoms with Crippen LogP contribution in [0.25, 0.3) is 0 Å². The number of aromatic nitrogens is 1. The van der Waals surface area contributed by atoms with Crippen LogP contribution in [0.1, 0.15) is 52.9 Å². The average Bonchev–Trinajstić information content (AvgIpc) is 2.62. The Balaban J connectivity index is 2.64. The number of anilines is 1. The number of hydrogen-bond acceptors (Lipinski definition) is 5. The molecule has 142 valence electrons. The number of nitrogens with zero attached hydrogens (tertiary/aromatic N) is 1. The zero-order valence-corrected chi connectivity index (χ0v) is 16.0. The molecule has 1 rings (SSSR count). The summed E-state index contributed by atoms with van der Waals surface area (Å²) >= 11 is 0. The number of amides is 1. The highest BCUT2D eigenvalue weighted by molar-refractivity contribution is 5.96. The predicted molar refractivity (Wildman–Crippen MR) is 99.0 cm³/mol. The summed E-state index contributed by atoms with van der Waals surface area (Å²) < 4.78 is 16.2. The average molecular weight is 352 g/mol.